The van der Waals surface area contributed by atoms with E-state index in [0.29, 0.717) is 24.2 Å². The summed E-state index contributed by atoms with van der Waals surface area (Å²) in [5.41, 5.74) is 0. The summed E-state index contributed by atoms with van der Waals surface area (Å²) in [6.07, 6.45) is 7.53. The van der Waals surface area contributed by atoms with Crippen molar-refractivity contribution >= 4 is 11.9 Å². The van der Waals surface area contributed by atoms with Gasteiger partial charge in [0.1, 0.15) is 0 Å². The molecule has 0 atom stereocenters. The van der Waals surface area contributed by atoms with Gasteiger partial charge in [-0.25, -0.2) is 14.4 Å². The number of piperidine rings is 1. The fraction of sp³-hybridized carbons (Fsp3) is 0.667. The molecule has 1 aliphatic carbocycles. The highest BCUT2D eigenvalue weighted by Crippen LogP contribution is 2.32. The Bertz CT molecular complexity index is 481. The van der Waals surface area contributed by atoms with Crippen LogP contribution in [0.25, 0.3) is 0 Å². The Morgan fingerprint density at radius 3 is 2.48 bits per heavy atom. The molecule has 0 radical (unpaired) electrons. The maximum Gasteiger partial charge on any atom is 0.225 e. The Kier molecular flexibility index (Phi) is 4.31. The van der Waals surface area contributed by atoms with Crippen molar-refractivity contribution in [2.45, 2.75) is 32.1 Å². The van der Waals surface area contributed by atoms with Crippen LogP contribution < -0.4 is 10.2 Å². The van der Waals surface area contributed by atoms with Gasteiger partial charge in [-0.1, -0.05) is 0 Å². The number of aromatic nitrogens is 2. The lowest BCUT2D eigenvalue weighted by Crippen LogP contribution is -2.39. The summed E-state index contributed by atoms with van der Waals surface area (Å²) in [4.78, 5) is 21.8. The second-order valence-electron chi connectivity index (χ2n) is 6.08. The first-order valence-corrected chi connectivity index (χ1v) is 7.70. The van der Waals surface area contributed by atoms with Gasteiger partial charge in [-0.2, -0.15) is 0 Å². The van der Waals surface area contributed by atoms with Crippen molar-refractivity contribution in [1.82, 2.24) is 15.3 Å². The van der Waals surface area contributed by atoms with E-state index < -0.39 is 5.82 Å². The zero-order chi connectivity index (χ0) is 14.7. The molecule has 1 saturated carbocycles. The van der Waals surface area contributed by atoms with E-state index in [1.165, 1.54) is 25.2 Å². The van der Waals surface area contributed by atoms with Gasteiger partial charge in [-0.3, -0.25) is 4.79 Å². The number of anilines is 1. The van der Waals surface area contributed by atoms with Gasteiger partial charge in [0, 0.05) is 26.1 Å². The van der Waals surface area contributed by atoms with E-state index in [9.17, 15) is 9.18 Å². The molecule has 2 fully saturated rings. The molecule has 0 unspecified atom stereocenters. The number of nitrogens with zero attached hydrogens (tertiary/aromatic N) is 3. The summed E-state index contributed by atoms with van der Waals surface area (Å²) in [6, 6.07) is 0. The molecule has 2 heterocycles. The lowest BCUT2D eigenvalue weighted by atomic mass is 9.97. The van der Waals surface area contributed by atoms with Crippen LogP contribution in [0.15, 0.2) is 12.4 Å². The van der Waals surface area contributed by atoms with Crippen LogP contribution >= 0.6 is 0 Å². The molecule has 1 amide bonds. The second kappa shape index (κ2) is 6.37. The maximum atomic E-state index is 12.8. The summed E-state index contributed by atoms with van der Waals surface area (Å²) in [5.74, 6) is 1.54. The Morgan fingerprint density at radius 1 is 1.19 bits per heavy atom. The van der Waals surface area contributed by atoms with Crippen LogP contribution in [-0.2, 0) is 4.79 Å². The summed E-state index contributed by atoms with van der Waals surface area (Å²) in [7, 11) is 0. The minimum atomic E-state index is -0.410. The van der Waals surface area contributed by atoms with Gasteiger partial charge in [0.05, 0.1) is 12.4 Å². The Hall–Kier alpha value is -1.72. The number of hydrogen-bond donors (Lipinski definition) is 1. The Morgan fingerprint density at radius 2 is 1.86 bits per heavy atom. The lowest BCUT2D eigenvalue weighted by molar-refractivity contribution is -0.121. The van der Waals surface area contributed by atoms with E-state index >= 15 is 0 Å². The molecule has 0 aromatic carbocycles. The van der Waals surface area contributed by atoms with Crippen molar-refractivity contribution in [2.24, 2.45) is 11.8 Å². The van der Waals surface area contributed by atoms with Crippen molar-refractivity contribution in [2.75, 3.05) is 24.5 Å². The minimum absolute atomic E-state index is 0.196. The molecule has 0 spiro atoms. The monoisotopic (exact) mass is 292 g/mol. The molecule has 2 aliphatic rings. The van der Waals surface area contributed by atoms with Crippen LogP contribution in [0, 0.1) is 17.7 Å². The molecule has 1 aliphatic heterocycles. The zero-order valence-electron chi connectivity index (χ0n) is 12.1. The molecular formula is C15H21FN4O. The highest BCUT2D eigenvalue weighted by molar-refractivity contribution is 5.76. The van der Waals surface area contributed by atoms with Gasteiger partial charge < -0.3 is 10.2 Å². The third-order valence-electron chi connectivity index (χ3n) is 4.26. The van der Waals surface area contributed by atoms with Crippen LogP contribution in [0.1, 0.15) is 32.1 Å². The summed E-state index contributed by atoms with van der Waals surface area (Å²) in [6.45, 7) is 2.48. The van der Waals surface area contributed by atoms with Crippen molar-refractivity contribution in [3.8, 4) is 0 Å². The highest BCUT2D eigenvalue weighted by atomic mass is 19.1. The van der Waals surface area contributed by atoms with Crippen molar-refractivity contribution in [1.29, 1.82) is 0 Å². The standard InChI is InChI=1S/C15H21FN4O/c16-13-9-18-15(19-10-13)20-5-3-12(4-6-20)8-17-14(21)7-11-1-2-11/h9-12H,1-8H2,(H,17,21). The smallest absolute Gasteiger partial charge is 0.225 e. The van der Waals surface area contributed by atoms with E-state index in [4.69, 9.17) is 0 Å². The number of amides is 1. The molecule has 6 heteroatoms. The normalized spacial score (nSPS) is 19.6. The number of halogens is 1. The van der Waals surface area contributed by atoms with Crippen molar-refractivity contribution < 1.29 is 9.18 Å². The first kappa shape index (κ1) is 14.2. The number of hydrogen-bond acceptors (Lipinski definition) is 4. The number of rotatable bonds is 5. The van der Waals surface area contributed by atoms with Gasteiger partial charge in [0.25, 0.3) is 0 Å². The first-order chi connectivity index (χ1) is 10.2. The molecule has 114 valence electrons. The molecule has 1 aromatic rings. The fourth-order valence-corrected chi connectivity index (χ4v) is 2.72. The second-order valence-corrected chi connectivity index (χ2v) is 6.08. The molecular weight excluding hydrogens is 271 g/mol. The van der Waals surface area contributed by atoms with E-state index in [-0.39, 0.29) is 5.91 Å². The van der Waals surface area contributed by atoms with Crippen molar-refractivity contribution in [3.63, 3.8) is 0 Å². The Labute approximate surface area is 124 Å². The average Bonchev–Trinajstić information content (AvgIpc) is 3.30. The van der Waals surface area contributed by atoms with E-state index in [1.54, 1.807) is 0 Å². The largest absolute Gasteiger partial charge is 0.356 e. The van der Waals surface area contributed by atoms with Crippen molar-refractivity contribution in [3.05, 3.63) is 18.2 Å². The highest BCUT2D eigenvalue weighted by Gasteiger charge is 2.25. The Balaban J connectivity index is 1.40. The maximum absolute atomic E-state index is 12.8. The number of carbonyl (C=O) groups excluding carboxylic acids is 1. The van der Waals surface area contributed by atoms with Crippen LogP contribution in [-0.4, -0.2) is 35.5 Å². The molecule has 0 bridgehead atoms. The molecule has 3 rings (SSSR count). The van der Waals surface area contributed by atoms with Crippen LogP contribution in [0.5, 0.6) is 0 Å². The van der Waals surface area contributed by atoms with Gasteiger partial charge in [-0.15, -0.1) is 0 Å². The SMILES string of the molecule is O=C(CC1CC1)NCC1CCN(c2ncc(F)cn2)CC1. The van der Waals surface area contributed by atoms with Crippen LogP contribution in [0.3, 0.4) is 0 Å². The predicted octanol–water partition coefficient (Wildman–Crippen LogP) is 1.75. The number of nitrogens with one attached hydrogen (secondary N) is 1. The summed E-state index contributed by atoms with van der Waals surface area (Å²) >= 11 is 0. The average molecular weight is 292 g/mol. The molecule has 21 heavy (non-hydrogen) atoms. The minimum Gasteiger partial charge on any atom is -0.356 e. The molecule has 1 saturated heterocycles. The summed E-state index contributed by atoms with van der Waals surface area (Å²) in [5, 5.41) is 3.05. The van der Waals surface area contributed by atoms with Gasteiger partial charge >= 0.3 is 0 Å². The zero-order valence-corrected chi connectivity index (χ0v) is 12.1. The number of carbonyl (C=O) groups is 1. The molecule has 1 N–H and O–H groups in total. The van der Waals surface area contributed by atoms with E-state index in [1.807, 2.05) is 0 Å². The summed E-state index contributed by atoms with van der Waals surface area (Å²) < 4.78 is 12.8. The quantitative estimate of drug-likeness (QED) is 0.898. The van der Waals surface area contributed by atoms with E-state index in [0.717, 1.165) is 32.5 Å². The molecule has 1 aromatic heterocycles. The third-order valence-corrected chi connectivity index (χ3v) is 4.26. The fourth-order valence-electron chi connectivity index (χ4n) is 2.72. The van der Waals surface area contributed by atoms with Gasteiger partial charge in [-0.05, 0) is 37.5 Å². The first-order valence-electron chi connectivity index (χ1n) is 7.70. The third kappa shape index (κ3) is 4.12. The van der Waals surface area contributed by atoms with Crippen LogP contribution in [0.4, 0.5) is 10.3 Å². The topological polar surface area (TPSA) is 58.1 Å². The van der Waals surface area contributed by atoms with Gasteiger partial charge in [0.2, 0.25) is 11.9 Å². The van der Waals surface area contributed by atoms with Gasteiger partial charge in [0.15, 0.2) is 5.82 Å². The predicted molar refractivity (Wildman–Crippen MR) is 77.3 cm³/mol. The lowest BCUT2D eigenvalue weighted by Gasteiger charge is -2.31. The van der Waals surface area contributed by atoms with E-state index in [2.05, 4.69) is 20.2 Å². The van der Waals surface area contributed by atoms with Crippen LogP contribution in [0.2, 0.25) is 0 Å². The molecule has 5 nitrogen and oxygen atoms in total.